The van der Waals surface area contributed by atoms with E-state index in [1.54, 1.807) is 0 Å². The summed E-state index contributed by atoms with van der Waals surface area (Å²) in [5.41, 5.74) is -1.12. The van der Waals surface area contributed by atoms with Gasteiger partial charge in [0.2, 0.25) is 0 Å². The van der Waals surface area contributed by atoms with Crippen LogP contribution < -0.4 is 0 Å². The normalized spacial score (nSPS) is 22.1. The third-order valence-electron chi connectivity index (χ3n) is 3.31. The van der Waals surface area contributed by atoms with E-state index in [1.165, 1.54) is 0 Å². The lowest BCUT2D eigenvalue weighted by molar-refractivity contribution is -0.154. The molecule has 0 saturated carbocycles. The van der Waals surface area contributed by atoms with Crippen molar-refractivity contribution in [1.82, 2.24) is 0 Å². The minimum absolute atomic E-state index is 0.211. The molecule has 0 radical (unpaired) electrons. The van der Waals surface area contributed by atoms with Crippen molar-refractivity contribution < 1.29 is 18.8 Å². The van der Waals surface area contributed by atoms with Crippen LogP contribution in [0, 0.1) is 0 Å². The number of hydrogen-bond donors (Lipinski definition) is 0. The quantitative estimate of drug-likeness (QED) is 0.575. The molecule has 0 bridgehead atoms. The Balaban J connectivity index is 2.41. The van der Waals surface area contributed by atoms with Gasteiger partial charge in [0.1, 0.15) is 5.60 Å². The van der Waals surface area contributed by atoms with Crippen molar-refractivity contribution in [3.05, 3.63) is 0 Å². The maximum absolute atomic E-state index is 11.6. The SMILES string of the molecule is CC(C)(C)OC(=O)CCB1OC(C)(C)C(C)(C)O1. The summed E-state index contributed by atoms with van der Waals surface area (Å²) in [5, 5.41) is 0. The maximum atomic E-state index is 11.6. The van der Waals surface area contributed by atoms with Crippen molar-refractivity contribution in [3.63, 3.8) is 0 Å². The summed E-state index contributed by atoms with van der Waals surface area (Å²) in [6.45, 7) is 13.6. The Morgan fingerprint density at radius 3 is 1.94 bits per heavy atom. The highest BCUT2D eigenvalue weighted by Crippen LogP contribution is 2.37. The molecule has 104 valence electrons. The zero-order valence-corrected chi connectivity index (χ0v) is 12.6. The van der Waals surface area contributed by atoms with Gasteiger partial charge in [-0.05, 0) is 54.8 Å². The van der Waals surface area contributed by atoms with Crippen LogP contribution in [-0.2, 0) is 18.8 Å². The lowest BCUT2D eigenvalue weighted by Gasteiger charge is -2.32. The molecule has 0 N–H and O–H groups in total. The van der Waals surface area contributed by atoms with E-state index < -0.39 is 5.60 Å². The van der Waals surface area contributed by atoms with Crippen LogP contribution in [0.1, 0.15) is 54.9 Å². The summed E-state index contributed by atoms with van der Waals surface area (Å²) in [4.78, 5) is 11.6. The molecule has 4 nitrogen and oxygen atoms in total. The van der Waals surface area contributed by atoms with Crippen molar-refractivity contribution in [2.45, 2.75) is 78.0 Å². The molecule has 0 aliphatic carbocycles. The number of ether oxygens (including phenoxy) is 1. The van der Waals surface area contributed by atoms with Crippen molar-refractivity contribution in [2.75, 3.05) is 0 Å². The zero-order valence-electron chi connectivity index (χ0n) is 12.6. The van der Waals surface area contributed by atoms with Crippen LogP contribution >= 0.6 is 0 Å². The highest BCUT2D eigenvalue weighted by molar-refractivity contribution is 6.45. The fourth-order valence-corrected chi connectivity index (χ4v) is 1.71. The summed E-state index contributed by atoms with van der Waals surface area (Å²) in [6.07, 6.45) is 0.843. The van der Waals surface area contributed by atoms with Crippen molar-refractivity contribution in [1.29, 1.82) is 0 Å². The second-order valence-corrected chi connectivity index (χ2v) is 6.81. The molecular formula is C13H25BO4. The van der Waals surface area contributed by atoms with Gasteiger partial charge in [-0.3, -0.25) is 4.79 Å². The molecular weight excluding hydrogens is 231 g/mol. The first-order valence-corrected chi connectivity index (χ1v) is 6.50. The molecule has 0 atom stereocenters. The first-order valence-electron chi connectivity index (χ1n) is 6.50. The minimum atomic E-state index is -0.437. The molecule has 5 heteroatoms. The predicted octanol–water partition coefficient (Wildman–Crippen LogP) is 2.81. The Bertz CT molecular complexity index is 301. The third kappa shape index (κ3) is 3.99. The fourth-order valence-electron chi connectivity index (χ4n) is 1.71. The maximum Gasteiger partial charge on any atom is 0.458 e. The molecule has 1 saturated heterocycles. The number of carbonyl (C=O) groups excluding carboxylic acids is 1. The number of esters is 1. The molecule has 0 aromatic rings. The van der Waals surface area contributed by atoms with Crippen LogP contribution in [0.25, 0.3) is 0 Å². The van der Waals surface area contributed by atoms with Gasteiger partial charge in [0.25, 0.3) is 0 Å². The van der Waals surface area contributed by atoms with E-state index in [0.29, 0.717) is 12.7 Å². The standard InChI is InChI=1S/C13H25BO4/c1-11(2,3)16-10(15)8-9-14-17-12(4,5)13(6,7)18-14/h8-9H2,1-7H3. The lowest BCUT2D eigenvalue weighted by atomic mass is 9.83. The number of rotatable bonds is 3. The molecule has 0 amide bonds. The van der Waals surface area contributed by atoms with Gasteiger partial charge in [0.05, 0.1) is 11.2 Å². The lowest BCUT2D eigenvalue weighted by Crippen LogP contribution is -2.41. The van der Waals surface area contributed by atoms with E-state index >= 15 is 0 Å². The van der Waals surface area contributed by atoms with Gasteiger partial charge in [-0.1, -0.05) is 0 Å². The van der Waals surface area contributed by atoms with Gasteiger partial charge < -0.3 is 14.0 Å². The molecule has 1 rings (SSSR count). The second kappa shape index (κ2) is 4.85. The van der Waals surface area contributed by atoms with E-state index in [-0.39, 0.29) is 24.3 Å². The summed E-state index contributed by atoms with van der Waals surface area (Å²) in [7, 11) is -0.331. The summed E-state index contributed by atoms with van der Waals surface area (Å²) in [5.74, 6) is -0.211. The predicted molar refractivity (Wildman–Crippen MR) is 71.4 cm³/mol. The van der Waals surface area contributed by atoms with E-state index in [0.717, 1.165) is 0 Å². The van der Waals surface area contributed by atoms with Crippen LogP contribution in [0.5, 0.6) is 0 Å². The monoisotopic (exact) mass is 256 g/mol. The van der Waals surface area contributed by atoms with E-state index in [4.69, 9.17) is 14.0 Å². The second-order valence-electron chi connectivity index (χ2n) is 6.81. The van der Waals surface area contributed by atoms with Gasteiger partial charge in [-0.15, -0.1) is 0 Å². The molecule has 0 aromatic heterocycles. The Morgan fingerprint density at radius 1 is 1.11 bits per heavy atom. The van der Waals surface area contributed by atoms with E-state index in [9.17, 15) is 4.79 Å². The van der Waals surface area contributed by atoms with Gasteiger partial charge in [-0.2, -0.15) is 0 Å². The first kappa shape index (κ1) is 15.5. The molecule has 0 unspecified atom stereocenters. The molecule has 0 aromatic carbocycles. The largest absolute Gasteiger partial charge is 0.460 e. The molecule has 1 aliphatic rings. The molecule has 1 aliphatic heterocycles. The van der Waals surface area contributed by atoms with Crippen LogP contribution in [0.15, 0.2) is 0 Å². The zero-order chi connectivity index (χ0) is 14.2. The van der Waals surface area contributed by atoms with E-state index in [1.807, 2.05) is 48.5 Å². The highest BCUT2D eigenvalue weighted by Gasteiger charge is 2.50. The topological polar surface area (TPSA) is 44.8 Å². The Labute approximate surface area is 111 Å². The van der Waals surface area contributed by atoms with Crippen molar-refractivity contribution in [2.24, 2.45) is 0 Å². The number of hydrogen-bond acceptors (Lipinski definition) is 4. The van der Waals surface area contributed by atoms with Crippen molar-refractivity contribution >= 4 is 13.1 Å². The Hall–Kier alpha value is -0.545. The molecule has 18 heavy (non-hydrogen) atoms. The Morgan fingerprint density at radius 2 is 1.56 bits per heavy atom. The summed E-state index contributed by atoms with van der Waals surface area (Å²) in [6, 6.07) is 0. The fraction of sp³-hybridized carbons (Fsp3) is 0.923. The summed E-state index contributed by atoms with van der Waals surface area (Å²) >= 11 is 0. The average Bonchev–Trinajstić information content (AvgIpc) is 2.29. The van der Waals surface area contributed by atoms with Gasteiger partial charge in [-0.25, -0.2) is 0 Å². The third-order valence-corrected chi connectivity index (χ3v) is 3.31. The first-order chi connectivity index (χ1) is 7.93. The molecule has 1 heterocycles. The van der Waals surface area contributed by atoms with Crippen LogP contribution in [-0.4, -0.2) is 29.9 Å². The number of carbonyl (C=O) groups is 1. The van der Waals surface area contributed by atoms with Gasteiger partial charge in [0.15, 0.2) is 0 Å². The minimum Gasteiger partial charge on any atom is -0.460 e. The van der Waals surface area contributed by atoms with Crippen LogP contribution in [0.4, 0.5) is 0 Å². The highest BCUT2D eigenvalue weighted by atomic mass is 16.7. The smallest absolute Gasteiger partial charge is 0.458 e. The van der Waals surface area contributed by atoms with E-state index in [2.05, 4.69) is 0 Å². The average molecular weight is 256 g/mol. The van der Waals surface area contributed by atoms with Crippen molar-refractivity contribution in [3.8, 4) is 0 Å². The molecule has 1 fully saturated rings. The Kier molecular flexibility index (Phi) is 4.18. The van der Waals surface area contributed by atoms with Crippen LogP contribution in [0.2, 0.25) is 6.32 Å². The van der Waals surface area contributed by atoms with Gasteiger partial charge in [0, 0.05) is 6.42 Å². The summed E-state index contributed by atoms with van der Waals surface area (Å²) < 4.78 is 16.9. The van der Waals surface area contributed by atoms with Crippen LogP contribution in [0.3, 0.4) is 0 Å². The molecule has 0 spiro atoms. The van der Waals surface area contributed by atoms with Gasteiger partial charge >= 0.3 is 13.1 Å².